The van der Waals surface area contributed by atoms with Crippen molar-refractivity contribution in [1.82, 2.24) is 4.98 Å². The molecule has 0 aliphatic heterocycles. The van der Waals surface area contributed by atoms with Gasteiger partial charge in [-0.25, -0.2) is 13.4 Å². The molecule has 0 atom stereocenters. The molecule has 0 fully saturated rings. The Hall–Kier alpha value is -1.10. The van der Waals surface area contributed by atoms with Crippen molar-refractivity contribution in [3.05, 3.63) is 47.6 Å². The van der Waals surface area contributed by atoms with Crippen LogP contribution in [0.1, 0.15) is 0 Å². The molecule has 3 nitrogen and oxygen atoms in total. The zero-order valence-electron chi connectivity index (χ0n) is 8.47. The monoisotopic (exact) mass is 287 g/mol. The topological polar surface area (TPSA) is 47.0 Å². The number of halogens is 2. The molecule has 0 saturated heterocycles. The molecule has 17 heavy (non-hydrogen) atoms. The standard InChI is InChI=1S/C11H7Cl2NO2S/c12-10-7-14-11(17(13,15)16)6-9(10)8-4-2-1-3-5-8/h1-7H. The van der Waals surface area contributed by atoms with E-state index < -0.39 is 9.05 Å². The van der Waals surface area contributed by atoms with Crippen LogP contribution in [0.5, 0.6) is 0 Å². The molecule has 1 heterocycles. The molecular weight excluding hydrogens is 281 g/mol. The summed E-state index contributed by atoms with van der Waals surface area (Å²) < 4.78 is 22.4. The first-order chi connectivity index (χ1) is 7.98. The molecule has 0 bridgehead atoms. The molecular formula is C11H7Cl2NO2S. The third-order valence-electron chi connectivity index (χ3n) is 2.16. The Morgan fingerprint density at radius 2 is 1.76 bits per heavy atom. The summed E-state index contributed by atoms with van der Waals surface area (Å²) in [5, 5.41) is 0.169. The van der Waals surface area contributed by atoms with E-state index in [2.05, 4.69) is 4.98 Å². The Morgan fingerprint density at radius 1 is 1.12 bits per heavy atom. The smallest absolute Gasteiger partial charge is 0.242 e. The number of hydrogen-bond donors (Lipinski definition) is 0. The zero-order valence-corrected chi connectivity index (χ0v) is 10.8. The maximum absolute atomic E-state index is 11.2. The predicted octanol–water partition coefficient (Wildman–Crippen LogP) is 3.33. The first-order valence-corrected chi connectivity index (χ1v) is 7.33. The van der Waals surface area contributed by atoms with Crippen LogP contribution in [-0.2, 0) is 9.05 Å². The SMILES string of the molecule is O=S(=O)(Cl)c1cc(-c2ccccc2)c(Cl)cn1. The third kappa shape index (κ3) is 2.77. The van der Waals surface area contributed by atoms with Gasteiger partial charge in [-0.3, -0.25) is 0 Å². The van der Waals surface area contributed by atoms with Gasteiger partial charge in [0.1, 0.15) is 0 Å². The molecule has 0 aliphatic carbocycles. The number of benzene rings is 1. The van der Waals surface area contributed by atoms with Crippen molar-refractivity contribution >= 4 is 31.3 Å². The van der Waals surface area contributed by atoms with Gasteiger partial charge in [-0.2, -0.15) is 0 Å². The van der Waals surface area contributed by atoms with Crippen molar-refractivity contribution in [3.8, 4) is 11.1 Å². The van der Waals surface area contributed by atoms with Gasteiger partial charge in [0.25, 0.3) is 9.05 Å². The van der Waals surface area contributed by atoms with Crippen LogP contribution in [-0.4, -0.2) is 13.4 Å². The number of hydrogen-bond acceptors (Lipinski definition) is 3. The molecule has 0 unspecified atom stereocenters. The van der Waals surface area contributed by atoms with Crippen molar-refractivity contribution in [3.63, 3.8) is 0 Å². The van der Waals surface area contributed by atoms with Crippen LogP contribution in [0.4, 0.5) is 0 Å². The Kier molecular flexibility index (Phi) is 3.38. The zero-order chi connectivity index (χ0) is 12.5. The second kappa shape index (κ2) is 4.64. The average Bonchev–Trinajstić information content (AvgIpc) is 2.29. The second-order valence-corrected chi connectivity index (χ2v) is 6.23. The quantitative estimate of drug-likeness (QED) is 0.796. The van der Waals surface area contributed by atoms with Crippen LogP contribution in [0, 0.1) is 0 Å². The van der Waals surface area contributed by atoms with Gasteiger partial charge in [0, 0.05) is 22.4 Å². The summed E-state index contributed by atoms with van der Waals surface area (Å²) in [6, 6.07) is 10.5. The van der Waals surface area contributed by atoms with Crippen molar-refractivity contribution in [2.24, 2.45) is 0 Å². The van der Waals surface area contributed by atoms with Crippen LogP contribution in [0.25, 0.3) is 11.1 Å². The van der Waals surface area contributed by atoms with E-state index in [4.69, 9.17) is 22.3 Å². The number of aromatic nitrogens is 1. The Morgan fingerprint density at radius 3 is 2.35 bits per heavy atom. The van der Waals surface area contributed by atoms with E-state index in [1.54, 1.807) is 0 Å². The largest absolute Gasteiger partial charge is 0.278 e. The Labute approximate surface area is 108 Å². The maximum Gasteiger partial charge on any atom is 0.278 e. The van der Waals surface area contributed by atoms with E-state index >= 15 is 0 Å². The second-order valence-electron chi connectivity index (χ2n) is 3.31. The van der Waals surface area contributed by atoms with Crippen molar-refractivity contribution in [1.29, 1.82) is 0 Å². The molecule has 2 rings (SSSR count). The van der Waals surface area contributed by atoms with Gasteiger partial charge in [-0.15, -0.1) is 0 Å². The van der Waals surface area contributed by atoms with Crippen LogP contribution in [0.2, 0.25) is 5.02 Å². The van der Waals surface area contributed by atoms with Gasteiger partial charge in [-0.05, 0) is 11.6 Å². The molecule has 0 radical (unpaired) electrons. The first kappa shape index (κ1) is 12.4. The summed E-state index contributed by atoms with van der Waals surface area (Å²) in [6.45, 7) is 0. The minimum atomic E-state index is -3.85. The molecule has 6 heteroatoms. The molecule has 0 saturated carbocycles. The minimum absolute atomic E-state index is 0.206. The number of nitrogens with zero attached hydrogens (tertiary/aromatic N) is 1. The highest BCUT2D eigenvalue weighted by molar-refractivity contribution is 8.13. The fourth-order valence-electron chi connectivity index (χ4n) is 1.39. The lowest BCUT2D eigenvalue weighted by Crippen LogP contribution is -1.95. The molecule has 1 aromatic carbocycles. The molecule has 2 aromatic rings. The normalized spacial score (nSPS) is 11.4. The summed E-state index contributed by atoms with van der Waals surface area (Å²) in [5.41, 5.74) is 1.39. The van der Waals surface area contributed by atoms with Crippen LogP contribution in [0.3, 0.4) is 0 Å². The van der Waals surface area contributed by atoms with Gasteiger partial charge in [0.2, 0.25) is 0 Å². The van der Waals surface area contributed by atoms with Crippen LogP contribution in [0.15, 0.2) is 47.6 Å². The first-order valence-electron chi connectivity index (χ1n) is 4.64. The lowest BCUT2D eigenvalue weighted by atomic mass is 10.1. The summed E-state index contributed by atoms with van der Waals surface area (Å²) in [7, 11) is 1.39. The van der Waals surface area contributed by atoms with E-state index in [0.717, 1.165) is 5.56 Å². The molecule has 0 spiro atoms. The van der Waals surface area contributed by atoms with Gasteiger partial charge >= 0.3 is 0 Å². The lowest BCUT2D eigenvalue weighted by molar-refractivity contribution is 0.606. The predicted molar refractivity (Wildman–Crippen MR) is 67.7 cm³/mol. The van der Waals surface area contributed by atoms with E-state index in [9.17, 15) is 8.42 Å². The van der Waals surface area contributed by atoms with Crippen LogP contribution >= 0.6 is 22.3 Å². The Balaban J connectivity index is 2.63. The summed E-state index contributed by atoms with van der Waals surface area (Å²) in [4.78, 5) is 3.68. The van der Waals surface area contributed by atoms with E-state index in [0.29, 0.717) is 10.6 Å². The summed E-state index contributed by atoms with van der Waals surface area (Å²) in [6.07, 6.45) is 1.28. The highest BCUT2D eigenvalue weighted by Gasteiger charge is 2.14. The van der Waals surface area contributed by atoms with Crippen molar-refractivity contribution in [2.45, 2.75) is 5.03 Å². The summed E-state index contributed by atoms with van der Waals surface area (Å²) in [5.74, 6) is 0. The van der Waals surface area contributed by atoms with Crippen molar-refractivity contribution in [2.75, 3.05) is 0 Å². The molecule has 0 amide bonds. The van der Waals surface area contributed by atoms with Gasteiger partial charge in [0.15, 0.2) is 5.03 Å². The number of pyridine rings is 1. The van der Waals surface area contributed by atoms with Gasteiger partial charge in [-0.1, -0.05) is 41.9 Å². The van der Waals surface area contributed by atoms with E-state index in [1.807, 2.05) is 30.3 Å². The lowest BCUT2D eigenvalue weighted by Gasteiger charge is -2.05. The van der Waals surface area contributed by atoms with E-state index in [-0.39, 0.29) is 5.03 Å². The van der Waals surface area contributed by atoms with Crippen molar-refractivity contribution < 1.29 is 8.42 Å². The fourth-order valence-corrected chi connectivity index (χ4v) is 2.29. The average molecular weight is 288 g/mol. The third-order valence-corrected chi connectivity index (χ3v) is 3.66. The minimum Gasteiger partial charge on any atom is -0.242 e. The number of rotatable bonds is 2. The van der Waals surface area contributed by atoms with Gasteiger partial charge < -0.3 is 0 Å². The summed E-state index contributed by atoms with van der Waals surface area (Å²) >= 11 is 5.98. The highest BCUT2D eigenvalue weighted by atomic mass is 35.7. The molecule has 88 valence electrons. The van der Waals surface area contributed by atoms with Gasteiger partial charge in [0.05, 0.1) is 5.02 Å². The fraction of sp³-hybridized carbons (Fsp3) is 0. The molecule has 1 aromatic heterocycles. The van der Waals surface area contributed by atoms with E-state index in [1.165, 1.54) is 12.3 Å². The van der Waals surface area contributed by atoms with Crippen LogP contribution < -0.4 is 0 Å². The maximum atomic E-state index is 11.2. The highest BCUT2D eigenvalue weighted by Crippen LogP contribution is 2.29. The molecule has 0 aliphatic rings. The Bertz CT molecular complexity index is 642. The molecule has 0 N–H and O–H groups in total.